The van der Waals surface area contributed by atoms with Gasteiger partial charge in [0.05, 0.1) is 6.61 Å². The quantitative estimate of drug-likeness (QED) is 0.836. The fraction of sp³-hybridized carbons (Fsp3) is 0.647. The molecule has 0 saturated heterocycles. The Morgan fingerprint density at radius 2 is 2.16 bits per heavy atom. The lowest BCUT2D eigenvalue weighted by Gasteiger charge is -2.16. The lowest BCUT2D eigenvalue weighted by molar-refractivity contribution is 0.357. The number of hydrogen-bond acceptors (Lipinski definition) is 2. The SMILES string of the molecule is CC1CCCC(NCc2ccc3c(c2)CCO3)CC1. The van der Waals surface area contributed by atoms with Crippen molar-refractivity contribution in [1.82, 2.24) is 5.32 Å². The summed E-state index contributed by atoms with van der Waals surface area (Å²) in [5, 5.41) is 3.75. The number of benzene rings is 1. The van der Waals surface area contributed by atoms with Gasteiger partial charge in [-0.15, -0.1) is 0 Å². The van der Waals surface area contributed by atoms with Crippen LogP contribution in [0.3, 0.4) is 0 Å². The highest BCUT2D eigenvalue weighted by Gasteiger charge is 2.16. The Morgan fingerprint density at radius 1 is 1.21 bits per heavy atom. The summed E-state index contributed by atoms with van der Waals surface area (Å²) in [4.78, 5) is 0. The van der Waals surface area contributed by atoms with Crippen LogP contribution in [0.4, 0.5) is 0 Å². The first-order valence-electron chi connectivity index (χ1n) is 7.79. The molecule has 0 spiro atoms. The van der Waals surface area contributed by atoms with E-state index in [9.17, 15) is 0 Å². The first-order chi connectivity index (χ1) is 9.31. The summed E-state index contributed by atoms with van der Waals surface area (Å²) in [6, 6.07) is 7.37. The van der Waals surface area contributed by atoms with Gasteiger partial charge in [0.15, 0.2) is 0 Å². The van der Waals surface area contributed by atoms with Crippen LogP contribution in [0.15, 0.2) is 18.2 Å². The molecule has 2 unspecified atom stereocenters. The number of hydrogen-bond donors (Lipinski definition) is 1. The van der Waals surface area contributed by atoms with Gasteiger partial charge in [-0.1, -0.05) is 31.9 Å². The summed E-state index contributed by atoms with van der Waals surface area (Å²) in [5.41, 5.74) is 2.79. The zero-order valence-electron chi connectivity index (χ0n) is 12.0. The number of rotatable bonds is 3. The van der Waals surface area contributed by atoms with E-state index in [0.29, 0.717) is 0 Å². The molecule has 3 rings (SSSR count). The van der Waals surface area contributed by atoms with Crippen molar-refractivity contribution in [3.8, 4) is 5.75 Å². The minimum Gasteiger partial charge on any atom is -0.493 e. The van der Waals surface area contributed by atoms with Crippen molar-refractivity contribution in [2.45, 2.75) is 58.0 Å². The lowest BCUT2D eigenvalue weighted by atomic mass is 10.0. The van der Waals surface area contributed by atoms with Crippen LogP contribution in [-0.4, -0.2) is 12.6 Å². The molecule has 0 aromatic heterocycles. The second kappa shape index (κ2) is 5.96. The van der Waals surface area contributed by atoms with E-state index in [1.165, 1.54) is 43.2 Å². The summed E-state index contributed by atoms with van der Waals surface area (Å²) in [7, 11) is 0. The Labute approximate surface area is 116 Å². The zero-order valence-corrected chi connectivity index (χ0v) is 12.0. The standard InChI is InChI=1S/C17H25NO/c1-13-3-2-4-16(7-5-13)18-12-14-6-8-17-15(11-14)9-10-19-17/h6,8,11,13,16,18H,2-5,7,9-10,12H2,1H3. The summed E-state index contributed by atoms with van der Waals surface area (Å²) in [5.74, 6) is 2.01. The molecule has 2 aliphatic rings. The van der Waals surface area contributed by atoms with Gasteiger partial charge in [0.1, 0.15) is 5.75 Å². The van der Waals surface area contributed by atoms with Crippen molar-refractivity contribution in [2.75, 3.05) is 6.61 Å². The fourth-order valence-electron chi connectivity index (χ4n) is 3.30. The maximum Gasteiger partial charge on any atom is 0.122 e. The Balaban J connectivity index is 1.54. The molecule has 2 nitrogen and oxygen atoms in total. The zero-order chi connectivity index (χ0) is 13.1. The van der Waals surface area contributed by atoms with Crippen LogP contribution < -0.4 is 10.1 Å². The van der Waals surface area contributed by atoms with Crippen LogP contribution in [-0.2, 0) is 13.0 Å². The summed E-state index contributed by atoms with van der Waals surface area (Å²) >= 11 is 0. The molecule has 1 saturated carbocycles. The van der Waals surface area contributed by atoms with E-state index >= 15 is 0 Å². The summed E-state index contributed by atoms with van der Waals surface area (Å²) in [6.45, 7) is 4.25. The van der Waals surface area contributed by atoms with E-state index < -0.39 is 0 Å². The van der Waals surface area contributed by atoms with Crippen molar-refractivity contribution < 1.29 is 4.74 Å². The Bertz CT molecular complexity index is 429. The van der Waals surface area contributed by atoms with Crippen molar-refractivity contribution in [3.63, 3.8) is 0 Å². The summed E-state index contributed by atoms with van der Waals surface area (Å²) < 4.78 is 5.56. The largest absolute Gasteiger partial charge is 0.493 e. The van der Waals surface area contributed by atoms with E-state index in [4.69, 9.17) is 4.74 Å². The third-order valence-corrected chi connectivity index (χ3v) is 4.61. The number of fused-ring (bicyclic) bond motifs is 1. The Hall–Kier alpha value is -1.02. The van der Waals surface area contributed by atoms with Crippen molar-refractivity contribution in [3.05, 3.63) is 29.3 Å². The molecule has 0 amide bonds. The van der Waals surface area contributed by atoms with Gasteiger partial charge in [0, 0.05) is 19.0 Å². The maximum atomic E-state index is 5.56. The van der Waals surface area contributed by atoms with E-state index in [1.54, 1.807) is 0 Å². The molecule has 1 aromatic rings. The van der Waals surface area contributed by atoms with Crippen LogP contribution in [0.1, 0.15) is 50.2 Å². The van der Waals surface area contributed by atoms with Gasteiger partial charge >= 0.3 is 0 Å². The molecule has 1 aliphatic heterocycles. The van der Waals surface area contributed by atoms with E-state index in [1.807, 2.05) is 0 Å². The average Bonchev–Trinajstić information content (AvgIpc) is 2.79. The summed E-state index contributed by atoms with van der Waals surface area (Å²) in [6.07, 6.45) is 7.94. The monoisotopic (exact) mass is 259 g/mol. The van der Waals surface area contributed by atoms with Gasteiger partial charge in [-0.2, -0.15) is 0 Å². The highest BCUT2D eigenvalue weighted by molar-refractivity contribution is 5.39. The van der Waals surface area contributed by atoms with Crippen LogP contribution in [0.5, 0.6) is 5.75 Å². The molecule has 19 heavy (non-hydrogen) atoms. The van der Waals surface area contributed by atoms with Crippen LogP contribution in [0, 0.1) is 5.92 Å². The van der Waals surface area contributed by atoms with Crippen molar-refractivity contribution >= 4 is 0 Å². The second-order valence-corrected chi connectivity index (χ2v) is 6.23. The molecule has 1 aliphatic carbocycles. The molecule has 1 heterocycles. The van der Waals surface area contributed by atoms with Crippen LogP contribution in [0.2, 0.25) is 0 Å². The molecule has 1 fully saturated rings. The average molecular weight is 259 g/mol. The number of ether oxygens (including phenoxy) is 1. The van der Waals surface area contributed by atoms with E-state index in [-0.39, 0.29) is 0 Å². The minimum absolute atomic E-state index is 0.717. The fourth-order valence-corrected chi connectivity index (χ4v) is 3.30. The first kappa shape index (κ1) is 13.0. The Morgan fingerprint density at radius 3 is 3.11 bits per heavy atom. The smallest absolute Gasteiger partial charge is 0.122 e. The van der Waals surface area contributed by atoms with Gasteiger partial charge in [0.25, 0.3) is 0 Å². The molecule has 104 valence electrons. The second-order valence-electron chi connectivity index (χ2n) is 6.23. The highest BCUT2D eigenvalue weighted by Crippen LogP contribution is 2.26. The molecule has 2 atom stereocenters. The van der Waals surface area contributed by atoms with Gasteiger partial charge in [-0.05, 0) is 42.4 Å². The molecule has 0 radical (unpaired) electrons. The van der Waals surface area contributed by atoms with E-state index in [2.05, 4.69) is 30.4 Å². The molecule has 1 N–H and O–H groups in total. The predicted octanol–water partition coefficient (Wildman–Crippen LogP) is 3.68. The maximum absolute atomic E-state index is 5.56. The highest BCUT2D eigenvalue weighted by atomic mass is 16.5. The molecule has 1 aromatic carbocycles. The van der Waals surface area contributed by atoms with Crippen LogP contribution in [0.25, 0.3) is 0 Å². The molecular formula is C17H25NO. The van der Waals surface area contributed by atoms with Gasteiger partial charge < -0.3 is 10.1 Å². The van der Waals surface area contributed by atoms with E-state index in [0.717, 1.165) is 37.3 Å². The van der Waals surface area contributed by atoms with Crippen molar-refractivity contribution in [2.24, 2.45) is 5.92 Å². The third kappa shape index (κ3) is 3.30. The topological polar surface area (TPSA) is 21.3 Å². The Kier molecular flexibility index (Phi) is 4.07. The van der Waals surface area contributed by atoms with Gasteiger partial charge in [-0.25, -0.2) is 0 Å². The van der Waals surface area contributed by atoms with Crippen LogP contribution >= 0.6 is 0 Å². The molecule has 0 bridgehead atoms. The lowest BCUT2D eigenvalue weighted by Crippen LogP contribution is -2.27. The van der Waals surface area contributed by atoms with Gasteiger partial charge in [0.2, 0.25) is 0 Å². The van der Waals surface area contributed by atoms with Gasteiger partial charge in [-0.3, -0.25) is 0 Å². The molecule has 2 heteroatoms. The third-order valence-electron chi connectivity index (χ3n) is 4.61. The van der Waals surface area contributed by atoms with Crippen molar-refractivity contribution in [1.29, 1.82) is 0 Å². The first-order valence-corrected chi connectivity index (χ1v) is 7.79. The predicted molar refractivity (Wildman–Crippen MR) is 78.5 cm³/mol. The normalized spacial score (nSPS) is 26.6. The minimum atomic E-state index is 0.717. The molecular weight excluding hydrogens is 234 g/mol. The number of nitrogens with one attached hydrogen (secondary N) is 1.